The molecule has 1 rings (SSSR count). The molecule has 0 aromatic heterocycles. The first kappa shape index (κ1) is 14.5. The van der Waals surface area contributed by atoms with Crippen molar-refractivity contribution in [1.82, 2.24) is 0 Å². The van der Waals surface area contributed by atoms with Crippen molar-refractivity contribution in [3.8, 4) is 5.75 Å². The van der Waals surface area contributed by atoms with Crippen LogP contribution in [0.15, 0.2) is 12.1 Å². The Kier molecular flexibility index (Phi) is 6.24. The molecule has 0 aliphatic heterocycles. The smallest absolute Gasteiger partial charge is 0.148 e. The van der Waals surface area contributed by atoms with Crippen LogP contribution in [0.1, 0.15) is 0 Å². The van der Waals surface area contributed by atoms with Crippen LogP contribution in [-0.4, -0.2) is 40.6 Å². The van der Waals surface area contributed by atoms with Crippen molar-refractivity contribution in [3.05, 3.63) is 17.9 Å². The second kappa shape index (κ2) is 7.73. The minimum Gasteiger partial charge on any atom is -0.495 e. The molecule has 0 spiro atoms. The molecule has 1 aromatic carbocycles. The van der Waals surface area contributed by atoms with Crippen molar-refractivity contribution in [2.45, 2.75) is 0 Å². The van der Waals surface area contributed by atoms with Gasteiger partial charge in [0.25, 0.3) is 0 Å². The zero-order valence-corrected chi connectivity index (χ0v) is 10.7. The van der Waals surface area contributed by atoms with Gasteiger partial charge in [0.1, 0.15) is 11.6 Å². The standard InChI is InChI=1S/C12H19FN2O3/c1-16-5-6-18-4-3-15-11-8-12(17-2)10(14)7-9(11)13/h7-8,15H,3-6,14H2,1-2H3. The normalized spacial score (nSPS) is 10.4. The molecule has 0 bridgehead atoms. The molecule has 0 unspecified atom stereocenters. The summed E-state index contributed by atoms with van der Waals surface area (Å²) in [5, 5.41) is 2.92. The van der Waals surface area contributed by atoms with E-state index in [0.29, 0.717) is 37.8 Å². The molecule has 102 valence electrons. The Bertz CT molecular complexity index is 375. The molecule has 0 saturated carbocycles. The second-order valence-electron chi connectivity index (χ2n) is 3.61. The van der Waals surface area contributed by atoms with Crippen LogP contribution in [0.3, 0.4) is 0 Å². The first-order chi connectivity index (χ1) is 8.69. The van der Waals surface area contributed by atoms with Crippen LogP contribution in [0.2, 0.25) is 0 Å². The van der Waals surface area contributed by atoms with Crippen LogP contribution >= 0.6 is 0 Å². The highest BCUT2D eigenvalue weighted by Gasteiger charge is 2.07. The van der Waals surface area contributed by atoms with Crippen molar-refractivity contribution in [2.24, 2.45) is 0 Å². The summed E-state index contributed by atoms with van der Waals surface area (Å²) in [4.78, 5) is 0. The number of hydrogen-bond acceptors (Lipinski definition) is 5. The number of methoxy groups -OCH3 is 2. The Hall–Kier alpha value is -1.53. The Balaban J connectivity index is 2.42. The Morgan fingerprint density at radius 2 is 2.00 bits per heavy atom. The lowest BCUT2D eigenvalue weighted by Gasteiger charge is -2.11. The molecule has 1 aromatic rings. The number of nitrogens with two attached hydrogens (primary N) is 1. The summed E-state index contributed by atoms with van der Waals surface area (Å²) in [5.41, 5.74) is 6.20. The van der Waals surface area contributed by atoms with E-state index in [-0.39, 0.29) is 5.69 Å². The van der Waals surface area contributed by atoms with Crippen LogP contribution < -0.4 is 15.8 Å². The molecule has 0 atom stereocenters. The van der Waals surface area contributed by atoms with E-state index in [1.807, 2.05) is 0 Å². The number of halogens is 1. The fourth-order valence-corrected chi connectivity index (χ4v) is 1.38. The summed E-state index contributed by atoms with van der Waals surface area (Å²) < 4.78 is 28.6. The van der Waals surface area contributed by atoms with Gasteiger partial charge in [-0.15, -0.1) is 0 Å². The summed E-state index contributed by atoms with van der Waals surface area (Å²) in [6, 6.07) is 2.76. The van der Waals surface area contributed by atoms with Gasteiger partial charge in [-0.05, 0) is 0 Å². The Morgan fingerprint density at radius 1 is 1.22 bits per heavy atom. The molecule has 0 saturated heterocycles. The van der Waals surface area contributed by atoms with Crippen LogP contribution in [0.25, 0.3) is 0 Å². The van der Waals surface area contributed by atoms with E-state index < -0.39 is 5.82 Å². The molecule has 3 N–H and O–H groups in total. The van der Waals surface area contributed by atoms with Gasteiger partial charge in [-0.2, -0.15) is 0 Å². The van der Waals surface area contributed by atoms with Gasteiger partial charge in [0, 0.05) is 25.8 Å². The number of nitrogen functional groups attached to an aromatic ring is 1. The Morgan fingerprint density at radius 3 is 2.67 bits per heavy atom. The van der Waals surface area contributed by atoms with Crippen LogP contribution in [0.5, 0.6) is 5.75 Å². The number of ether oxygens (including phenoxy) is 3. The van der Waals surface area contributed by atoms with E-state index in [2.05, 4.69) is 5.32 Å². The van der Waals surface area contributed by atoms with Crippen molar-refractivity contribution in [3.63, 3.8) is 0 Å². The summed E-state index contributed by atoms with van der Waals surface area (Å²) in [7, 11) is 3.10. The lowest BCUT2D eigenvalue weighted by molar-refractivity contribution is 0.0759. The molecular formula is C12H19FN2O3. The van der Waals surface area contributed by atoms with Gasteiger partial charge in [0.15, 0.2) is 0 Å². The molecule has 0 aliphatic carbocycles. The molecule has 6 heteroatoms. The minimum atomic E-state index is -0.412. The SMILES string of the molecule is COCCOCCNc1cc(OC)c(N)cc1F. The third kappa shape index (κ3) is 4.38. The fourth-order valence-electron chi connectivity index (χ4n) is 1.38. The highest BCUT2D eigenvalue weighted by atomic mass is 19.1. The minimum absolute atomic E-state index is 0.275. The van der Waals surface area contributed by atoms with Gasteiger partial charge >= 0.3 is 0 Å². The van der Waals surface area contributed by atoms with E-state index in [0.717, 1.165) is 0 Å². The maximum atomic E-state index is 13.5. The van der Waals surface area contributed by atoms with Gasteiger partial charge < -0.3 is 25.3 Å². The van der Waals surface area contributed by atoms with E-state index in [1.165, 1.54) is 19.2 Å². The van der Waals surface area contributed by atoms with Crippen LogP contribution in [0.4, 0.5) is 15.8 Å². The maximum Gasteiger partial charge on any atom is 0.148 e. The zero-order chi connectivity index (χ0) is 13.4. The van der Waals surface area contributed by atoms with Gasteiger partial charge in [-0.3, -0.25) is 0 Å². The molecule has 5 nitrogen and oxygen atoms in total. The summed E-state index contributed by atoms with van der Waals surface area (Å²) in [5.74, 6) is 0.0318. The molecule has 0 aliphatic rings. The number of rotatable bonds is 8. The monoisotopic (exact) mass is 258 g/mol. The van der Waals surface area contributed by atoms with E-state index >= 15 is 0 Å². The third-order valence-corrected chi connectivity index (χ3v) is 2.31. The second-order valence-corrected chi connectivity index (χ2v) is 3.61. The highest BCUT2D eigenvalue weighted by molar-refractivity contribution is 5.62. The van der Waals surface area contributed by atoms with Crippen molar-refractivity contribution in [2.75, 3.05) is 51.6 Å². The third-order valence-electron chi connectivity index (χ3n) is 2.31. The number of nitrogens with one attached hydrogen (secondary N) is 1. The first-order valence-electron chi connectivity index (χ1n) is 5.62. The summed E-state index contributed by atoms with van der Waals surface area (Å²) in [6.07, 6.45) is 0. The maximum absolute atomic E-state index is 13.5. The predicted octanol–water partition coefficient (Wildman–Crippen LogP) is 1.49. The lowest BCUT2D eigenvalue weighted by Crippen LogP contribution is -2.13. The summed E-state index contributed by atoms with van der Waals surface area (Å²) in [6.45, 7) is 2.03. The van der Waals surface area contributed by atoms with Gasteiger partial charge in [0.2, 0.25) is 0 Å². The molecule has 0 heterocycles. The largest absolute Gasteiger partial charge is 0.495 e. The predicted molar refractivity (Wildman–Crippen MR) is 68.5 cm³/mol. The zero-order valence-electron chi connectivity index (χ0n) is 10.7. The van der Waals surface area contributed by atoms with Crippen LogP contribution in [0, 0.1) is 5.82 Å². The van der Waals surface area contributed by atoms with Crippen molar-refractivity contribution >= 4 is 11.4 Å². The van der Waals surface area contributed by atoms with E-state index in [9.17, 15) is 4.39 Å². The lowest BCUT2D eigenvalue weighted by atomic mass is 10.2. The first-order valence-corrected chi connectivity index (χ1v) is 5.62. The quantitative estimate of drug-likeness (QED) is 0.546. The van der Waals surface area contributed by atoms with Crippen molar-refractivity contribution < 1.29 is 18.6 Å². The van der Waals surface area contributed by atoms with E-state index in [4.69, 9.17) is 19.9 Å². The number of anilines is 2. The van der Waals surface area contributed by atoms with Crippen LogP contribution in [-0.2, 0) is 9.47 Å². The van der Waals surface area contributed by atoms with Gasteiger partial charge in [-0.25, -0.2) is 4.39 Å². The average Bonchev–Trinajstić information content (AvgIpc) is 2.36. The fraction of sp³-hybridized carbons (Fsp3) is 0.500. The van der Waals surface area contributed by atoms with Gasteiger partial charge in [-0.1, -0.05) is 0 Å². The molecule has 0 fully saturated rings. The molecular weight excluding hydrogens is 239 g/mol. The highest BCUT2D eigenvalue weighted by Crippen LogP contribution is 2.27. The Labute approximate surface area is 106 Å². The summed E-state index contributed by atoms with van der Waals surface area (Å²) >= 11 is 0. The molecule has 0 radical (unpaired) electrons. The van der Waals surface area contributed by atoms with Crippen molar-refractivity contribution in [1.29, 1.82) is 0 Å². The number of benzene rings is 1. The van der Waals surface area contributed by atoms with Gasteiger partial charge in [0.05, 0.1) is 38.3 Å². The average molecular weight is 258 g/mol. The molecule has 18 heavy (non-hydrogen) atoms. The number of hydrogen-bond donors (Lipinski definition) is 2. The topological polar surface area (TPSA) is 65.7 Å². The molecule has 0 amide bonds. The van der Waals surface area contributed by atoms with E-state index in [1.54, 1.807) is 7.11 Å².